The SMILES string of the molecule is CCOCC(O)CN1CCN(C(=O)Cc2c(C)noc2C)CC1. The fourth-order valence-corrected chi connectivity index (χ4v) is 2.80. The summed E-state index contributed by atoms with van der Waals surface area (Å²) < 4.78 is 10.3. The summed E-state index contributed by atoms with van der Waals surface area (Å²) in [6, 6.07) is 0. The average Bonchev–Trinajstić information content (AvgIpc) is 2.85. The molecule has 0 aliphatic carbocycles. The van der Waals surface area contributed by atoms with E-state index in [9.17, 15) is 9.90 Å². The number of aryl methyl sites for hydroxylation is 2. The summed E-state index contributed by atoms with van der Waals surface area (Å²) in [5.41, 5.74) is 1.68. The molecule has 130 valence electrons. The summed E-state index contributed by atoms with van der Waals surface area (Å²) in [5, 5.41) is 13.8. The van der Waals surface area contributed by atoms with Crippen LogP contribution in [-0.2, 0) is 16.0 Å². The van der Waals surface area contributed by atoms with Crippen molar-refractivity contribution in [1.29, 1.82) is 0 Å². The van der Waals surface area contributed by atoms with Gasteiger partial charge in [0.05, 0.1) is 24.8 Å². The van der Waals surface area contributed by atoms with E-state index in [0.717, 1.165) is 24.3 Å². The molecule has 7 heteroatoms. The van der Waals surface area contributed by atoms with Crippen molar-refractivity contribution >= 4 is 5.91 Å². The van der Waals surface area contributed by atoms with Crippen LogP contribution >= 0.6 is 0 Å². The Balaban J connectivity index is 1.76. The number of rotatable bonds is 7. The summed E-state index contributed by atoms with van der Waals surface area (Å²) in [5.74, 6) is 0.822. The Kier molecular flexibility index (Phi) is 6.56. The van der Waals surface area contributed by atoms with Gasteiger partial charge in [-0.25, -0.2) is 0 Å². The van der Waals surface area contributed by atoms with Gasteiger partial charge in [0, 0.05) is 44.9 Å². The predicted molar refractivity (Wildman–Crippen MR) is 85.2 cm³/mol. The zero-order valence-corrected chi connectivity index (χ0v) is 14.2. The maximum absolute atomic E-state index is 12.4. The number of hydrogen-bond acceptors (Lipinski definition) is 6. The molecule has 1 atom stereocenters. The smallest absolute Gasteiger partial charge is 0.227 e. The summed E-state index contributed by atoms with van der Waals surface area (Å²) >= 11 is 0. The van der Waals surface area contributed by atoms with Crippen LogP contribution in [0.2, 0.25) is 0 Å². The molecule has 23 heavy (non-hydrogen) atoms. The number of nitrogens with zero attached hydrogens (tertiary/aromatic N) is 3. The minimum atomic E-state index is -0.473. The maximum Gasteiger partial charge on any atom is 0.227 e. The summed E-state index contributed by atoms with van der Waals surface area (Å²) in [7, 11) is 0. The van der Waals surface area contributed by atoms with E-state index in [1.807, 2.05) is 25.7 Å². The van der Waals surface area contributed by atoms with E-state index in [1.165, 1.54) is 0 Å². The van der Waals surface area contributed by atoms with Gasteiger partial charge in [0.25, 0.3) is 0 Å². The van der Waals surface area contributed by atoms with Crippen LogP contribution < -0.4 is 0 Å². The molecule has 7 nitrogen and oxygen atoms in total. The van der Waals surface area contributed by atoms with Gasteiger partial charge in [0.1, 0.15) is 5.76 Å². The molecule has 1 saturated heterocycles. The van der Waals surface area contributed by atoms with Gasteiger partial charge in [-0.3, -0.25) is 9.69 Å². The van der Waals surface area contributed by atoms with E-state index >= 15 is 0 Å². The van der Waals surface area contributed by atoms with Gasteiger partial charge >= 0.3 is 0 Å². The van der Waals surface area contributed by atoms with Crippen molar-refractivity contribution in [3.63, 3.8) is 0 Å². The lowest BCUT2D eigenvalue weighted by molar-refractivity contribution is -0.132. The monoisotopic (exact) mass is 325 g/mol. The molecule has 1 aromatic rings. The van der Waals surface area contributed by atoms with E-state index in [-0.39, 0.29) is 5.91 Å². The van der Waals surface area contributed by atoms with Crippen LogP contribution in [0.15, 0.2) is 4.52 Å². The number of β-amino-alcohol motifs (C(OH)–C–C–N with tert-alkyl or cyclic N) is 1. The van der Waals surface area contributed by atoms with Crippen LogP contribution in [0.5, 0.6) is 0 Å². The Bertz CT molecular complexity index is 490. The van der Waals surface area contributed by atoms with Gasteiger partial charge < -0.3 is 19.3 Å². The second-order valence-electron chi connectivity index (χ2n) is 5.97. The molecule has 1 N–H and O–H groups in total. The minimum Gasteiger partial charge on any atom is -0.389 e. The van der Waals surface area contributed by atoms with Crippen molar-refractivity contribution in [2.24, 2.45) is 0 Å². The van der Waals surface area contributed by atoms with Crippen molar-refractivity contribution in [3.8, 4) is 0 Å². The van der Waals surface area contributed by atoms with Crippen molar-refractivity contribution in [1.82, 2.24) is 15.0 Å². The van der Waals surface area contributed by atoms with Crippen LogP contribution in [0.1, 0.15) is 23.9 Å². The molecule has 0 saturated carbocycles. The van der Waals surface area contributed by atoms with Gasteiger partial charge in [0.2, 0.25) is 5.91 Å². The molecule has 1 aliphatic rings. The molecule has 0 bridgehead atoms. The van der Waals surface area contributed by atoms with E-state index in [4.69, 9.17) is 9.26 Å². The Labute approximate surface area is 137 Å². The number of aliphatic hydroxyl groups is 1. The number of hydrogen-bond donors (Lipinski definition) is 1. The first-order chi connectivity index (χ1) is 11.0. The van der Waals surface area contributed by atoms with Crippen LogP contribution in [0, 0.1) is 13.8 Å². The third-order valence-corrected chi connectivity index (χ3v) is 4.22. The minimum absolute atomic E-state index is 0.105. The van der Waals surface area contributed by atoms with Gasteiger partial charge in [-0.05, 0) is 20.8 Å². The van der Waals surface area contributed by atoms with Crippen molar-refractivity contribution in [2.75, 3.05) is 45.9 Å². The van der Waals surface area contributed by atoms with Crippen molar-refractivity contribution < 1.29 is 19.2 Å². The molecule has 0 radical (unpaired) electrons. The maximum atomic E-state index is 12.4. The lowest BCUT2D eigenvalue weighted by Gasteiger charge is -2.35. The second kappa shape index (κ2) is 8.42. The first kappa shape index (κ1) is 17.9. The first-order valence-corrected chi connectivity index (χ1v) is 8.19. The standard InChI is InChI=1S/C16H27N3O4/c1-4-22-11-14(20)10-18-5-7-19(8-6-18)16(21)9-15-12(2)17-23-13(15)3/h14,20H,4-11H2,1-3H3. The number of amides is 1. The highest BCUT2D eigenvalue weighted by Gasteiger charge is 2.24. The third kappa shape index (κ3) is 5.02. The fourth-order valence-electron chi connectivity index (χ4n) is 2.80. The van der Waals surface area contributed by atoms with Crippen molar-refractivity contribution in [2.45, 2.75) is 33.3 Å². The number of carbonyl (C=O) groups is 1. The topological polar surface area (TPSA) is 79.0 Å². The molecule has 1 unspecified atom stereocenters. The number of aliphatic hydroxyl groups excluding tert-OH is 1. The Morgan fingerprint density at radius 2 is 2.04 bits per heavy atom. The van der Waals surface area contributed by atoms with Crippen LogP contribution in [0.4, 0.5) is 0 Å². The molecule has 2 heterocycles. The fraction of sp³-hybridized carbons (Fsp3) is 0.750. The zero-order chi connectivity index (χ0) is 16.8. The highest BCUT2D eigenvalue weighted by atomic mass is 16.5. The van der Waals surface area contributed by atoms with E-state index < -0.39 is 6.10 Å². The van der Waals surface area contributed by atoms with E-state index in [0.29, 0.717) is 45.0 Å². The Morgan fingerprint density at radius 3 is 2.61 bits per heavy atom. The lowest BCUT2D eigenvalue weighted by Crippen LogP contribution is -2.51. The zero-order valence-electron chi connectivity index (χ0n) is 14.2. The van der Waals surface area contributed by atoms with Gasteiger partial charge in [-0.2, -0.15) is 0 Å². The quantitative estimate of drug-likeness (QED) is 0.780. The normalized spacial score (nSPS) is 17.5. The van der Waals surface area contributed by atoms with Gasteiger partial charge in [-0.15, -0.1) is 0 Å². The first-order valence-electron chi connectivity index (χ1n) is 8.19. The van der Waals surface area contributed by atoms with Gasteiger partial charge in [-0.1, -0.05) is 5.16 Å². The lowest BCUT2D eigenvalue weighted by atomic mass is 10.1. The van der Waals surface area contributed by atoms with E-state index in [1.54, 1.807) is 0 Å². The third-order valence-electron chi connectivity index (χ3n) is 4.22. The average molecular weight is 325 g/mol. The van der Waals surface area contributed by atoms with Gasteiger partial charge in [0.15, 0.2) is 0 Å². The molecule has 0 spiro atoms. The summed E-state index contributed by atoms with van der Waals surface area (Å²) in [6.45, 7) is 10.1. The summed E-state index contributed by atoms with van der Waals surface area (Å²) in [6.07, 6.45) is -0.131. The highest BCUT2D eigenvalue weighted by molar-refractivity contribution is 5.79. The predicted octanol–water partition coefficient (Wildman–Crippen LogP) is 0.376. The number of ether oxygens (including phenoxy) is 1. The van der Waals surface area contributed by atoms with Crippen LogP contribution in [0.3, 0.4) is 0 Å². The molecule has 1 amide bonds. The molecule has 1 aliphatic heterocycles. The number of carbonyl (C=O) groups excluding carboxylic acids is 1. The Hall–Kier alpha value is -1.44. The molecular formula is C16H27N3O4. The van der Waals surface area contributed by atoms with E-state index in [2.05, 4.69) is 10.1 Å². The number of piperazine rings is 1. The van der Waals surface area contributed by atoms with Crippen LogP contribution in [0.25, 0.3) is 0 Å². The molecule has 1 fully saturated rings. The second-order valence-corrected chi connectivity index (χ2v) is 5.97. The van der Waals surface area contributed by atoms with Crippen molar-refractivity contribution in [3.05, 3.63) is 17.0 Å². The number of aromatic nitrogens is 1. The van der Waals surface area contributed by atoms with Crippen LogP contribution in [-0.4, -0.2) is 78.0 Å². The molecule has 1 aromatic heterocycles. The summed E-state index contributed by atoms with van der Waals surface area (Å²) in [4.78, 5) is 16.5. The molecule has 2 rings (SSSR count). The molecular weight excluding hydrogens is 298 g/mol. The molecule has 0 aromatic carbocycles. The highest BCUT2D eigenvalue weighted by Crippen LogP contribution is 2.15. The largest absolute Gasteiger partial charge is 0.389 e. The Morgan fingerprint density at radius 1 is 1.35 bits per heavy atom.